The van der Waals surface area contributed by atoms with Crippen LogP contribution in [0.25, 0.3) is 0 Å². The first-order valence-electron chi connectivity index (χ1n) is 5.95. The summed E-state index contributed by atoms with van der Waals surface area (Å²) in [6, 6.07) is 13.9. The Morgan fingerprint density at radius 3 is 2.09 bits per heavy atom. The first kappa shape index (κ1) is 16.2. The standard InChI is InChI=1S/C13H9Br2N5O2/c14-9-1-5-11(6-2-9)16-18-13(20(21)22)19-17-12-7-3-10(15)4-8-12/h1-8,16H/b18-13-,19-17?. The summed E-state index contributed by atoms with van der Waals surface area (Å²) in [6.45, 7) is 0. The summed E-state index contributed by atoms with van der Waals surface area (Å²) in [4.78, 5) is 10.2. The number of hydrazone groups is 1. The first-order chi connectivity index (χ1) is 10.5. The molecule has 0 aliphatic carbocycles. The monoisotopic (exact) mass is 425 g/mol. The van der Waals surface area contributed by atoms with Gasteiger partial charge in [0.2, 0.25) is 0 Å². The highest BCUT2D eigenvalue weighted by Gasteiger charge is 2.12. The van der Waals surface area contributed by atoms with Crippen LogP contribution in [0.1, 0.15) is 0 Å². The van der Waals surface area contributed by atoms with Gasteiger partial charge in [-0.1, -0.05) is 37.0 Å². The molecule has 2 aromatic rings. The van der Waals surface area contributed by atoms with E-state index in [0.717, 1.165) is 8.95 Å². The van der Waals surface area contributed by atoms with Crippen LogP contribution >= 0.6 is 31.9 Å². The molecule has 0 heterocycles. The molecule has 0 amide bonds. The Labute approximate surface area is 142 Å². The molecule has 0 aliphatic rings. The average Bonchev–Trinajstić information content (AvgIpc) is 2.50. The molecule has 9 heteroatoms. The van der Waals surface area contributed by atoms with Gasteiger partial charge in [-0.25, -0.2) is 5.43 Å². The quantitative estimate of drug-likeness (QED) is 0.247. The highest BCUT2D eigenvalue weighted by atomic mass is 79.9. The summed E-state index contributed by atoms with van der Waals surface area (Å²) in [5, 5.41) is 21.9. The van der Waals surface area contributed by atoms with Crippen molar-refractivity contribution in [1.29, 1.82) is 0 Å². The van der Waals surface area contributed by atoms with Crippen molar-refractivity contribution >= 4 is 49.2 Å². The number of nitro groups is 1. The van der Waals surface area contributed by atoms with E-state index in [4.69, 9.17) is 0 Å². The van der Waals surface area contributed by atoms with E-state index in [0.29, 0.717) is 11.4 Å². The van der Waals surface area contributed by atoms with E-state index in [1.165, 1.54) is 0 Å². The Morgan fingerprint density at radius 1 is 1.00 bits per heavy atom. The molecular formula is C13H9Br2N5O2. The molecule has 0 saturated carbocycles. The molecule has 7 nitrogen and oxygen atoms in total. The summed E-state index contributed by atoms with van der Waals surface area (Å²) in [7, 11) is 0. The van der Waals surface area contributed by atoms with Crippen LogP contribution in [-0.2, 0) is 0 Å². The molecule has 1 N–H and O–H groups in total. The van der Waals surface area contributed by atoms with E-state index in [9.17, 15) is 10.1 Å². The Morgan fingerprint density at radius 2 is 1.55 bits per heavy atom. The van der Waals surface area contributed by atoms with Gasteiger partial charge in [0.05, 0.1) is 10.8 Å². The SMILES string of the molecule is O=[N+]([O-])/C(N=Nc1ccc(Br)cc1)=N\Nc1ccc(Br)cc1. The normalized spacial score (nSPS) is 11.6. The van der Waals surface area contributed by atoms with E-state index in [1.54, 1.807) is 48.5 Å². The number of hydrogen-bond donors (Lipinski definition) is 1. The molecular weight excluding hydrogens is 418 g/mol. The fourth-order valence-electron chi connectivity index (χ4n) is 1.35. The van der Waals surface area contributed by atoms with Crippen LogP contribution in [-0.4, -0.2) is 10.9 Å². The second-order valence-electron chi connectivity index (χ2n) is 3.96. The van der Waals surface area contributed by atoms with Gasteiger partial charge in [-0.2, -0.15) is 0 Å². The van der Waals surface area contributed by atoms with Crippen molar-refractivity contribution in [2.24, 2.45) is 15.3 Å². The van der Waals surface area contributed by atoms with Crippen LogP contribution in [0.4, 0.5) is 11.4 Å². The lowest BCUT2D eigenvalue weighted by atomic mass is 10.3. The average molecular weight is 427 g/mol. The number of nitrogens with zero attached hydrogens (tertiary/aromatic N) is 4. The first-order valence-corrected chi connectivity index (χ1v) is 7.54. The van der Waals surface area contributed by atoms with E-state index in [-0.39, 0.29) is 0 Å². The second kappa shape index (κ2) is 7.76. The third-order valence-electron chi connectivity index (χ3n) is 2.37. The fourth-order valence-corrected chi connectivity index (χ4v) is 1.88. The van der Waals surface area contributed by atoms with Crippen molar-refractivity contribution in [3.8, 4) is 0 Å². The van der Waals surface area contributed by atoms with E-state index in [1.807, 2.05) is 0 Å². The van der Waals surface area contributed by atoms with Crippen LogP contribution in [0, 0.1) is 10.1 Å². The molecule has 22 heavy (non-hydrogen) atoms. The largest absolute Gasteiger partial charge is 0.511 e. The molecule has 112 valence electrons. The van der Waals surface area contributed by atoms with Gasteiger partial charge in [-0.05, 0) is 53.5 Å². The van der Waals surface area contributed by atoms with E-state index < -0.39 is 10.9 Å². The third-order valence-corrected chi connectivity index (χ3v) is 3.43. The van der Waals surface area contributed by atoms with Gasteiger partial charge < -0.3 is 10.1 Å². The summed E-state index contributed by atoms with van der Waals surface area (Å²) < 4.78 is 1.78. The predicted octanol–water partition coefficient (Wildman–Crippen LogP) is 4.96. The van der Waals surface area contributed by atoms with Gasteiger partial charge >= 0.3 is 5.96 Å². The zero-order chi connectivity index (χ0) is 15.9. The van der Waals surface area contributed by atoms with Gasteiger partial charge in [0.15, 0.2) is 0 Å². The van der Waals surface area contributed by atoms with Crippen LogP contribution in [0.3, 0.4) is 0 Å². The van der Waals surface area contributed by atoms with E-state index in [2.05, 4.69) is 52.6 Å². The van der Waals surface area contributed by atoms with Crippen molar-refractivity contribution in [3.05, 3.63) is 67.6 Å². The van der Waals surface area contributed by atoms with Gasteiger partial charge in [0.1, 0.15) is 5.69 Å². The smallest absolute Gasteiger partial charge is 0.390 e. The van der Waals surface area contributed by atoms with Crippen LogP contribution in [0.15, 0.2) is 72.8 Å². The van der Waals surface area contributed by atoms with Crippen LogP contribution in [0.5, 0.6) is 0 Å². The Kier molecular flexibility index (Phi) is 5.73. The van der Waals surface area contributed by atoms with Crippen molar-refractivity contribution < 1.29 is 4.92 Å². The summed E-state index contributed by atoms with van der Waals surface area (Å²) in [6.07, 6.45) is 0. The van der Waals surface area contributed by atoms with Gasteiger partial charge in [0, 0.05) is 14.0 Å². The summed E-state index contributed by atoms with van der Waals surface area (Å²) in [5.41, 5.74) is 3.65. The lowest BCUT2D eigenvalue weighted by molar-refractivity contribution is -0.352. The van der Waals surface area contributed by atoms with Crippen molar-refractivity contribution in [3.63, 3.8) is 0 Å². The van der Waals surface area contributed by atoms with Crippen molar-refractivity contribution in [1.82, 2.24) is 0 Å². The van der Waals surface area contributed by atoms with E-state index >= 15 is 0 Å². The number of nitrogens with one attached hydrogen (secondary N) is 1. The van der Waals surface area contributed by atoms with Crippen LogP contribution < -0.4 is 5.43 Å². The Balaban J connectivity index is 2.12. The maximum absolute atomic E-state index is 10.9. The molecule has 0 spiro atoms. The zero-order valence-electron chi connectivity index (χ0n) is 11.0. The van der Waals surface area contributed by atoms with Crippen molar-refractivity contribution in [2.45, 2.75) is 0 Å². The minimum Gasteiger partial charge on any atom is -0.390 e. The minimum absolute atomic E-state index is 0.487. The Bertz CT molecular complexity index is 714. The number of hydrogen-bond acceptors (Lipinski definition) is 5. The molecule has 0 saturated heterocycles. The Hall–Kier alpha value is -2.13. The highest BCUT2D eigenvalue weighted by molar-refractivity contribution is 9.10. The predicted molar refractivity (Wildman–Crippen MR) is 90.9 cm³/mol. The molecule has 0 unspecified atom stereocenters. The topological polar surface area (TPSA) is 92.2 Å². The van der Waals surface area contributed by atoms with Crippen LogP contribution in [0.2, 0.25) is 0 Å². The summed E-state index contributed by atoms with van der Waals surface area (Å²) in [5.74, 6) is -0.633. The molecule has 0 fully saturated rings. The fraction of sp³-hybridized carbons (Fsp3) is 0. The molecule has 0 radical (unpaired) electrons. The molecule has 2 aromatic carbocycles. The minimum atomic E-state index is -0.714. The zero-order valence-corrected chi connectivity index (χ0v) is 14.2. The highest BCUT2D eigenvalue weighted by Crippen LogP contribution is 2.17. The summed E-state index contributed by atoms with van der Waals surface area (Å²) >= 11 is 6.58. The number of benzene rings is 2. The van der Waals surface area contributed by atoms with Crippen molar-refractivity contribution in [2.75, 3.05) is 5.43 Å². The van der Waals surface area contributed by atoms with Gasteiger partial charge in [-0.15, -0.1) is 0 Å². The number of azo groups is 1. The molecule has 0 atom stereocenters. The van der Waals surface area contributed by atoms with Gasteiger partial charge in [0.25, 0.3) is 0 Å². The lowest BCUT2D eigenvalue weighted by Crippen LogP contribution is -2.10. The molecule has 0 aliphatic heterocycles. The number of halogens is 2. The molecule has 2 rings (SSSR count). The van der Waals surface area contributed by atoms with Gasteiger partial charge in [-0.3, -0.25) is 0 Å². The molecule has 0 bridgehead atoms. The molecule has 0 aromatic heterocycles. The number of anilines is 1. The second-order valence-corrected chi connectivity index (χ2v) is 5.80. The maximum atomic E-state index is 10.9. The number of guanidine groups is 1. The maximum Gasteiger partial charge on any atom is 0.511 e. The lowest BCUT2D eigenvalue weighted by Gasteiger charge is -1.97. The number of rotatable bonds is 3. The third kappa shape index (κ3) is 5.01.